The Kier molecular flexibility index (Phi) is 3.90. The predicted molar refractivity (Wildman–Crippen MR) is 88.8 cm³/mol. The number of hydrogen-bond donors (Lipinski definition) is 1. The number of hydrogen-bond acceptors (Lipinski definition) is 2. The van der Waals surface area contributed by atoms with Gasteiger partial charge in [0.15, 0.2) is 0 Å². The summed E-state index contributed by atoms with van der Waals surface area (Å²) in [6, 6.07) is 9.20. The molecule has 0 aliphatic carbocycles. The van der Waals surface area contributed by atoms with Crippen LogP contribution in [-0.2, 0) is 17.8 Å². The summed E-state index contributed by atoms with van der Waals surface area (Å²) in [6.45, 7) is 6.28. The van der Waals surface area contributed by atoms with Gasteiger partial charge in [-0.15, -0.1) is 0 Å². The van der Waals surface area contributed by atoms with E-state index in [2.05, 4.69) is 6.58 Å². The van der Waals surface area contributed by atoms with Crippen molar-refractivity contribution in [1.82, 2.24) is 4.57 Å². The van der Waals surface area contributed by atoms with Crippen LogP contribution in [0.2, 0.25) is 0 Å². The maximum absolute atomic E-state index is 12.9. The molecule has 4 nitrogen and oxygen atoms in total. The first-order valence-electron chi connectivity index (χ1n) is 7.79. The van der Waals surface area contributed by atoms with Gasteiger partial charge in [0.1, 0.15) is 0 Å². The van der Waals surface area contributed by atoms with Gasteiger partial charge in [-0.25, -0.2) is 0 Å². The van der Waals surface area contributed by atoms with Crippen molar-refractivity contribution in [3.8, 4) is 0 Å². The van der Waals surface area contributed by atoms with Crippen molar-refractivity contribution in [2.24, 2.45) is 0 Å². The van der Waals surface area contributed by atoms with Crippen molar-refractivity contribution >= 4 is 17.8 Å². The number of aliphatic carboxylic acids is 1. The van der Waals surface area contributed by atoms with Crippen LogP contribution in [0.3, 0.4) is 0 Å². The largest absolute Gasteiger partial charge is 0.481 e. The van der Waals surface area contributed by atoms with E-state index in [1.165, 1.54) is 0 Å². The normalized spacial score (nSPS) is 16.1. The lowest BCUT2D eigenvalue weighted by Gasteiger charge is -2.08. The van der Waals surface area contributed by atoms with Gasteiger partial charge in [0.2, 0.25) is 5.78 Å². The second-order valence-electron chi connectivity index (χ2n) is 5.78. The Morgan fingerprint density at radius 3 is 2.61 bits per heavy atom. The molecule has 1 atom stereocenters. The molecule has 0 bridgehead atoms. The molecule has 23 heavy (non-hydrogen) atoms. The smallest absolute Gasteiger partial charge is 0.312 e. The summed E-state index contributed by atoms with van der Waals surface area (Å²) < 4.78 is 1.89. The molecule has 2 aromatic rings. The topological polar surface area (TPSA) is 59.3 Å². The number of aryl methyl sites for hydroxylation is 1. The van der Waals surface area contributed by atoms with Gasteiger partial charge in [-0.2, -0.15) is 0 Å². The lowest BCUT2D eigenvalue weighted by Crippen LogP contribution is -2.11. The van der Waals surface area contributed by atoms with Gasteiger partial charge >= 0.3 is 5.97 Å². The predicted octanol–water partition coefficient (Wildman–Crippen LogP) is 3.50. The number of carboxylic acids is 1. The van der Waals surface area contributed by atoms with Crippen LogP contribution in [0, 0.1) is 0 Å². The summed E-state index contributed by atoms with van der Waals surface area (Å²) in [5.41, 5.74) is 3.88. The average Bonchev–Trinajstić information content (AvgIpc) is 3.12. The van der Waals surface area contributed by atoms with Crippen LogP contribution >= 0.6 is 0 Å². The van der Waals surface area contributed by atoms with Crippen LogP contribution in [0.15, 0.2) is 36.9 Å². The zero-order valence-electron chi connectivity index (χ0n) is 13.1. The Labute approximate surface area is 135 Å². The zero-order chi connectivity index (χ0) is 16.6. The fourth-order valence-electron chi connectivity index (χ4n) is 3.26. The van der Waals surface area contributed by atoms with Crippen molar-refractivity contribution in [1.29, 1.82) is 0 Å². The fourth-order valence-corrected chi connectivity index (χ4v) is 3.26. The van der Waals surface area contributed by atoms with Gasteiger partial charge < -0.3 is 9.67 Å². The molecule has 1 N–H and O–H groups in total. The molecule has 1 unspecified atom stereocenters. The Hall–Kier alpha value is -2.62. The zero-order valence-corrected chi connectivity index (χ0v) is 13.1. The minimum Gasteiger partial charge on any atom is -0.481 e. The van der Waals surface area contributed by atoms with E-state index in [0.717, 1.165) is 16.8 Å². The van der Waals surface area contributed by atoms with Crippen LogP contribution in [0.1, 0.15) is 52.1 Å². The second kappa shape index (κ2) is 5.88. The Balaban J connectivity index is 2.05. The number of carboxylic acid groups (broad SMARTS) is 1. The van der Waals surface area contributed by atoms with Gasteiger partial charge in [-0.3, -0.25) is 9.59 Å². The third-order valence-electron chi connectivity index (χ3n) is 4.51. The highest BCUT2D eigenvalue weighted by Crippen LogP contribution is 2.34. The van der Waals surface area contributed by atoms with Crippen molar-refractivity contribution < 1.29 is 14.7 Å². The van der Waals surface area contributed by atoms with Crippen LogP contribution in [-0.4, -0.2) is 21.4 Å². The van der Waals surface area contributed by atoms with E-state index in [-0.39, 0.29) is 5.78 Å². The summed E-state index contributed by atoms with van der Waals surface area (Å²) in [5, 5.41) is 9.34. The van der Waals surface area contributed by atoms with E-state index in [1.54, 1.807) is 18.2 Å². The van der Waals surface area contributed by atoms with Crippen LogP contribution in [0.4, 0.5) is 0 Å². The van der Waals surface area contributed by atoms with Crippen molar-refractivity contribution in [2.75, 3.05) is 0 Å². The first-order chi connectivity index (χ1) is 11.1. The number of rotatable bonds is 5. The van der Waals surface area contributed by atoms with Gasteiger partial charge in [-0.05, 0) is 30.0 Å². The third-order valence-corrected chi connectivity index (χ3v) is 4.51. The molecule has 0 radical (unpaired) electrons. The SMILES string of the molecule is C=Cc1ccc(C(=O)c2c(CC)cc3n2CCC3C(=O)O)cc1. The minimum absolute atomic E-state index is 0.0465. The molecular formula is C19H19NO3. The van der Waals surface area contributed by atoms with Gasteiger partial charge in [-0.1, -0.05) is 43.8 Å². The molecule has 118 valence electrons. The maximum atomic E-state index is 12.9. The molecule has 2 heterocycles. The number of nitrogens with zero attached hydrogens (tertiary/aromatic N) is 1. The van der Waals surface area contributed by atoms with E-state index in [9.17, 15) is 14.7 Å². The summed E-state index contributed by atoms with van der Waals surface area (Å²) >= 11 is 0. The third kappa shape index (κ3) is 2.50. The van der Waals surface area contributed by atoms with Gasteiger partial charge in [0.05, 0.1) is 11.6 Å². The van der Waals surface area contributed by atoms with E-state index in [1.807, 2.05) is 29.7 Å². The average molecular weight is 309 g/mol. The van der Waals surface area contributed by atoms with Crippen molar-refractivity contribution in [3.05, 3.63) is 65.0 Å². The number of aromatic nitrogens is 1. The first kappa shape index (κ1) is 15.3. The van der Waals surface area contributed by atoms with E-state index in [4.69, 9.17) is 0 Å². The molecule has 1 aromatic heterocycles. The Morgan fingerprint density at radius 2 is 2.04 bits per heavy atom. The second-order valence-corrected chi connectivity index (χ2v) is 5.78. The summed E-state index contributed by atoms with van der Waals surface area (Å²) in [7, 11) is 0. The quantitative estimate of drug-likeness (QED) is 0.860. The molecular weight excluding hydrogens is 290 g/mol. The molecule has 1 aliphatic heterocycles. The summed E-state index contributed by atoms with van der Waals surface area (Å²) in [5.74, 6) is -1.38. The lowest BCUT2D eigenvalue weighted by atomic mass is 10.0. The van der Waals surface area contributed by atoms with E-state index >= 15 is 0 Å². The molecule has 0 amide bonds. The van der Waals surface area contributed by atoms with Gasteiger partial charge in [0.25, 0.3) is 0 Å². The summed E-state index contributed by atoms with van der Waals surface area (Å²) in [4.78, 5) is 24.3. The highest BCUT2D eigenvalue weighted by Gasteiger charge is 2.33. The van der Waals surface area contributed by atoms with Crippen LogP contribution in [0.5, 0.6) is 0 Å². The number of fused-ring (bicyclic) bond motifs is 1. The number of benzene rings is 1. The van der Waals surface area contributed by atoms with E-state index < -0.39 is 11.9 Å². The minimum atomic E-state index is -0.821. The lowest BCUT2D eigenvalue weighted by molar-refractivity contribution is -0.138. The van der Waals surface area contributed by atoms with Gasteiger partial charge in [0, 0.05) is 17.8 Å². The monoisotopic (exact) mass is 309 g/mol. The number of carbonyl (C=O) groups is 2. The maximum Gasteiger partial charge on any atom is 0.312 e. The number of ketones is 1. The first-order valence-corrected chi connectivity index (χ1v) is 7.79. The molecule has 1 aliphatic rings. The molecule has 1 aromatic carbocycles. The summed E-state index contributed by atoms with van der Waals surface area (Å²) in [6.07, 6.45) is 2.99. The molecule has 0 fully saturated rings. The van der Waals surface area contributed by atoms with Crippen molar-refractivity contribution in [3.63, 3.8) is 0 Å². The Morgan fingerprint density at radius 1 is 1.35 bits per heavy atom. The molecule has 4 heteroatoms. The highest BCUT2D eigenvalue weighted by atomic mass is 16.4. The molecule has 3 rings (SSSR count). The van der Waals surface area contributed by atoms with Crippen LogP contribution < -0.4 is 0 Å². The molecule has 0 saturated heterocycles. The fraction of sp³-hybridized carbons (Fsp3) is 0.263. The van der Waals surface area contributed by atoms with Crippen molar-refractivity contribution in [2.45, 2.75) is 32.2 Å². The van der Waals surface area contributed by atoms with E-state index in [0.29, 0.717) is 30.6 Å². The Bertz CT molecular complexity index is 784. The molecule has 0 saturated carbocycles. The standard InChI is InChI=1S/C19H19NO3/c1-3-12-5-7-14(8-6-12)18(21)17-13(4-2)11-16-15(19(22)23)9-10-20(16)17/h3,5-8,11,15H,1,4,9-10H2,2H3,(H,22,23). The number of carbonyl (C=O) groups excluding carboxylic acids is 1. The van der Waals surface area contributed by atoms with Crippen LogP contribution in [0.25, 0.3) is 6.08 Å². The molecule has 0 spiro atoms. The highest BCUT2D eigenvalue weighted by molar-refractivity contribution is 6.09.